The number of aliphatic hydroxyl groups is 1. The van der Waals surface area contributed by atoms with Gasteiger partial charge in [-0.3, -0.25) is 4.79 Å². The number of aromatic nitrogens is 1. The number of carbonyl (C=O) groups excluding carboxylic acids is 1. The molecule has 0 spiro atoms. The first kappa shape index (κ1) is 13.7. The second kappa shape index (κ2) is 6.48. The first-order valence-corrected chi connectivity index (χ1v) is 7.27. The van der Waals surface area contributed by atoms with Gasteiger partial charge < -0.3 is 10.4 Å². The highest BCUT2D eigenvalue weighted by molar-refractivity contribution is 7.12. The molecule has 0 saturated carbocycles. The summed E-state index contributed by atoms with van der Waals surface area (Å²) in [7, 11) is 0. The molecule has 2 aromatic rings. The molecule has 0 bridgehead atoms. The van der Waals surface area contributed by atoms with Crippen LogP contribution in [0.1, 0.15) is 25.1 Å². The first-order chi connectivity index (χ1) is 9.20. The maximum atomic E-state index is 12.0. The van der Waals surface area contributed by atoms with Gasteiger partial charge in [-0.25, -0.2) is 4.98 Å². The summed E-state index contributed by atoms with van der Waals surface area (Å²) < 4.78 is 0. The molecule has 0 aliphatic rings. The van der Waals surface area contributed by atoms with E-state index in [1.165, 1.54) is 11.3 Å². The first-order valence-electron chi connectivity index (χ1n) is 5.57. The summed E-state index contributed by atoms with van der Waals surface area (Å²) in [6.07, 6.45) is 1.77. The lowest BCUT2D eigenvalue weighted by Gasteiger charge is -2.01. The normalized spacial score (nSPS) is 9.79. The van der Waals surface area contributed by atoms with Crippen molar-refractivity contribution in [3.05, 3.63) is 38.0 Å². The summed E-state index contributed by atoms with van der Waals surface area (Å²) in [5.74, 6) is 5.16. The van der Waals surface area contributed by atoms with Crippen LogP contribution in [-0.2, 0) is 6.54 Å². The summed E-state index contributed by atoms with van der Waals surface area (Å²) in [5.41, 5.74) is 0.650. The van der Waals surface area contributed by atoms with Gasteiger partial charge in [-0.1, -0.05) is 11.8 Å². The highest BCUT2D eigenvalue weighted by Gasteiger charge is 2.12. The van der Waals surface area contributed by atoms with Crippen molar-refractivity contribution < 1.29 is 9.90 Å². The van der Waals surface area contributed by atoms with Gasteiger partial charge >= 0.3 is 0 Å². The minimum Gasteiger partial charge on any atom is -0.384 e. The van der Waals surface area contributed by atoms with E-state index in [-0.39, 0.29) is 12.5 Å². The zero-order valence-corrected chi connectivity index (χ0v) is 11.9. The molecule has 0 aliphatic heterocycles. The monoisotopic (exact) mass is 292 g/mol. The van der Waals surface area contributed by atoms with Gasteiger partial charge in [0.1, 0.15) is 11.5 Å². The number of thiazole rings is 1. The Hall–Kier alpha value is -1.68. The molecule has 0 aliphatic carbocycles. The van der Waals surface area contributed by atoms with Crippen molar-refractivity contribution in [2.75, 3.05) is 6.61 Å². The molecule has 1 amide bonds. The van der Waals surface area contributed by atoms with E-state index in [2.05, 4.69) is 22.1 Å². The number of aryl methyl sites for hydroxylation is 1. The molecule has 0 fully saturated rings. The fourth-order valence-electron chi connectivity index (χ4n) is 1.45. The smallest absolute Gasteiger partial charge is 0.262 e. The fraction of sp³-hybridized carbons (Fsp3) is 0.231. The van der Waals surface area contributed by atoms with Gasteiger partial charge in [0.05, 0.1) is 11.6 Å². The van der Waals surface area contributed by atoms with E-state index in [4.69, 9.17) is 5.11 Å². The SMILES string of the molecule is Cc1ncc(CNC(=O)c2sccc2C#CCO)s1. The number of amides is 1. The highest BCUT2D eigenvalue weighted by Crippen LogP contribution is 2.16. The van der Waals surface area contributed by atoms with E-state index >= 15 is 0 Å². The number of carbonyl (C=O) groups is 1. The molecule has 2 heterocycles. The van der Waals surface area contributed by atoms with E-state index in [1.807, 2.05) is 12.3 Å². The molecule has 98 valence electrons. The maximum Gasteiger partial charge on any atom is 0.262 e. The average molecular weight is 292 g/mol. The molecule has 2 N–H and O–H groups in total. The maximum absolute atomic E-state index is 12.0. The third kappa shape index (κ3) is 3.64. The van der Waals surface area contributed by atoms with Crippen LogP contribution in [0.3, 0.4) is 0 Å². The number of nitrogens with one attached hydrogen (secondary N) is 1. The molecule has 6 heteroatoms. The second-order valence-corrected chi connectivity index (χ2v) is 5.89. The Bertz CT molecular complexity index is 634. The van der Waals surface area contributed by atoms with Crippen LogP contribution in [0, 0.1) is 18.8 Å². The van der Waals surface area contributed by atoms with Crippen molar-refractivity contribution in [1.82, 2.24) is 10.3 Å². The van der Waals surface area contributed by atoms with Gasteiger partial charge in [-0.05, 0) is 18.4 Å². The quantitative estimate of drug-likeness (QED) is 0.848. The zero-order valence-electron chi connectivity index (χ0n) is 10.3. The van der Waals surface area contributed by atoms with Crippen LogP contribution in [0.4, 0.5) is 0 Å². The van der Waals surface area contributed by atoms with Crippen molar-refractivity contribution in [1.29, 1.82) is 0 Å². The van der Waals surface area contributed by atoms with Crippen molar-refractivity contribution in [3.63, 3.8) is 0 Å². The van der Waals surface area contributed by atoms with E-state index < -0.39 is 0 Å². The molecule has 0 atom stereocenters. The number of aliphatic hydroxyl groups excluding tert-OH is 1. The number of rotatable bonds is 3. The van der Waals surface area contributed by atoms with Crippen LogP contribution in [-0.4, -0.2) is 22.6 Å². The Labute approximate surface area is 119 Å². The van der Waals surface area contributed by atoms with E-state index in [1.54, 1.807) is 23.6 Å². The largest absolute Gasteiger partial charge is 0.384 e. The lowest BCUT2D eigenvalue weighted by Crippen LogP contribution is -2.22. The molecular weight excluding hydrogens is 280 g/mol. The number of thiophene rings is 1. The highest BCUT2D eigenvalue weighted by atomic mass is 32.1. The van der Waals surface area contributed by atoms with Gasteiger partial charge in [0.2, 0.25) is 0 Å². The molecule has 0 aromatic carbocycles. The molecule has 2 aromatic heterocycles. The summed E-state index contributed by atoms with van der Waals surface area (Å²) in [6.45, 7) is 2.18. The summed E-state index contributed by atoms with van der Waals surface area (Å²) in [6, 6.07) is 1.78. The van der Waals surface area contributed by atoms with Crippen molar-refractivity contribution in [2.45, 2.75) is 13.5 Å². The Morgan fingerprint density at radius 2 is 2.42 bits per heavy atom. The van der Waals surface area contributed by atoms with Gasteiger partial charge in [-0.2, -0.15) is 0 Å². The predicted octanol–water partition coefficient (Wildman–Crippen LogP) is 1.79. The Balaban J connectivity index is 2.02. The van der Waals surface area contributed by atoms with Crippen LogP contribution in [0.5, 0.6) is 0 Å². The molecule has 0 radical (unpaired) electrons. The van der Waals surface area contributed by atoms with Crippen LogP contribution in [0.2, 0.25) is 0 Å². The van der Waals surface area contributed by atoms with Crippen LogP contribution in [0.25, 0.3) is 0 Å². The summed E-state index contributed by atoms with van der Waals surface area (Å²) in [5, 5.41) is 14.3. The third-order valence-corrected chi connectivity index (χ3v) is 4.09. The van der Waals surface area contributed by atoms with Gasteiger partial charge in [0.25, 0.3) is 5.91 Å². The van der Waals surface area contributed by atoms with Crippen LogP contribution in [0.15, 0.2) is 17.6 Å². The molecule has 0 saturated heterocycles. The Morgan fingerprint density at radius 3 is 3.11 bits per heavy atom. The lowest BCUT2D eigenvalue weighted by atomic mass is 10.2. The second-order valence-electron chi connectivity index (χ2n) is 3.65. The molecule has 2 rings (SSSR count). The Kier molecular flexibility index (Phi) is 4.68. The third-order valence-electron chi connectivity index (χ3n) is 2.27. The summed E-state index contributed by atoms with van der Waals surface area (Å²) >= 11 is 2.90. The number of nitrogens with zero attached hydrogens (tertiary/aromatic N) is 1. The van der Waals surface area contributed by atoms with Gasteiger partial charge in [0, 0.05) is 16.6 Å². The van der Waals surface area contributed by atoms with Crippen molar-refractivity contribution >= 4 is 28.6 Å². The Morgan fingerprint density at radius 1 is 1.58 bits per heavy atom. The van der Waals surface area contributed by atoms with Crippen LogP contribution >= 0.6 is 22.7 Å². The fourth-order valence-corrected chi connectivity index (χ4v) is 2.95. The van der Waals surface area contributed by atoms with E-state index in [9.17, 15) is 4.79 Å². The predicted molar refractivity (Wildman–Crippen MR) is 76.3 cm³/mol. The topological polar surface area (TPSA) is 62.2 Å². The van der Waals surface area contributed by atoms with Gasteiger partial charge in [-0.15, -0.1) is 22.7 Å². The standard InChI is InChI=1S/C13H12N2O2S2/c1-9-14-7-11(19-9)8-15-13(17)12-10(3-2-5-16)4-6-18-12/h4,6-7,16H,5,8H2,1H3,(H,15,17). The summed E-state index contributed by atoms with van der Waals surface area (Å²) in [4.78, 5) is 17.7. The number of hydrogen-bond donors (Lipinski definition) is 2. The minimum atomic E-state index is -0.211. The van der Waals surface area contributed by atoms with E-state index in [0.717, 1.165) is 9.88 Å². The van der Waals surface area contributed by atoms with Gasteiger partial charge in [0.15, 0.2) is 0 Å². The molecule has 4 nitrogen and oxygen atoms in total. The number of hydrogen-bond acceptors (Lipinski definition) is 5. The average Bonchev–Trinajstić information content (AvgIpc) is 3.02. The van der Waals surface area contributed by atoms with E-state index in [0.29, 0.717) is 17.0 Å². The minimum absolute atomic E-state index is 0.150. The molecular formula is C13H12N2O2S2. The molecule has 0 unspecified atom stereocenters. The lowest BCUT2D eigenvalue weighted by molar-refractivity contribution is 0.0955. The zero-order chi connectivity index (χ0) is 13.7. The molecule has 19 heavy (non-hydrogen) atoms. The van der Waals surface area contributed by atoms with Crippen molar-refractivity contribution in [3.8, 4) is 11.8 Å². The van der Waals surface area contributed by atoms with Crippen molar-refractivity contribution in [2.24, 2.45) is 0 Å². The van der Waals surface area contributed by atoms with Crippen LogP contribution < -0.4 is 5.32 Å².